The molecular weight excluding hydrogens is 182 g/mol. The van der Waals surface area contributed by atoms with Gasteiger partial charge in [0.25, 0.3) is 0 Å². The van der Waals surface area contributed by atoms with Crippen molar-refractivity contribution in [3.8, 4) is 0 Å². The van der Waals surface area contributed by atoms with E-state index in [1.165, 1.54) is 29.5 Å². The first kappa shape index (κ1) is 10.7. The van der Waals surface area contributed by atoms with Crippen molar-refractivity contribution in [3.63, 3.8) is 0 Å². The van der Waals surface area contributed by atoms with Crippen LogP contribution in [-0.4, -0.2) is 6.04 Å². The van der Waals surface area contributed by atoms with Crippen LogP contribution in [-0.2, 0) is 5.41 Å². The van der Waals surface area contributed by atoms with Crippen LogP contribution < -0.4 is 5.73 Å². The summed E-state index contributed by atoms with van der Waals surface area (Å²) in [6.45, 7) is 6.71. The molecule has 0 aliphatic heterocycles. The van der Waals surface area contributed by atoms with Crippen LogP contribution in [0.2, 0.25) is 0 Å². The summed E-state index contributed by atoms with van der Waals surface area (Å²) in [6.07, 6.45) is 3.54. The van der Waals surface area contributed by atoms with Crippen molar-refractivity contribution in [1.29, 1.82) is 0 Å². The Balaban J connectivity index is 2.33. The molecule has 0 heterocycles. The molecule has 2 atom stereocenters. The van der Waals surface area contributed by atoms with E-state index in [2.05, 4.69) is 39.0 Å². The maximum absolute atomic E-state index is 6.02. The Morgan fingerprint density at radius 2 is 2.00 bits per heavy atom. The second-order valence-corrected chi connectivity index (χ2v) is 5.36. The zero-order valence-electron chi connectivity index (χ0n) is 10.0. The van der Waals surface area contributed by atoms with Crippen LogP contribution in [0.3, 0.4) is 0 Å². The summed E-state index contributed by atoms with van der Waals surface area (Å²) in [5.74, 6) is 0. The molecule has 2 unspecified atom stereocenters. The van der Waals surface area contributed by atoms with Gasteiger partial charge in [-0.3, -0.25) is 0 Å². The van der Waals surface area contributed by atoms with Crippen molar-refractivity contribution in [3.05, 3.63) is 34.9 Å². The normalized spacial score (nSPS) is 30.8. The highest BCUT2D eigenvalue weighted by atomic mass is 14.7. The van der Waals surface area contributed by atoms with Gasteiger partial charge in [-0.25, -0.2) is 0 Å². The average Bonchev–Trinajstić information content (AvgIpc) is 2.52. The lowest BCUT2D eigenvalue weighted by Gasteiger charge is -2.25. The van der Waals surface area contributed by atoms with Crippen molar-refractivity contribution < 1.29 is 0 Å². The molecule has 1 aliphatic carbocycles. The topological polar surface area (TPSA) is 26.0 Å². The Labute approximate surface area is 92.7 Å². The standard InChI is InChI=1S/C14H21N/c1-10-4-5-12(8-11(10)2)14(3)7-6-13(15)9-14/h4-5,8,13H,6-7,9,15H2,1-3H3. The Hall–Kier alpha value is -0.820. The second-order valence-electron chi connectivity index (χ2n) is 5.36. The molecule has 1 heteroatoms. The molecule has 1 saturated carbocycles. The van der Waals surface area contributed by atoms with E-state index in [1.54, 1.807) is 0 Å². The minimum atomic E-state index is 0.317. The molecule has 82 valence electrons. The Morgan fingerprint density at radius 1 is 1.27 bits per heavy atom. The zero-order chi connectivity index (χ0) is 11.1. The molecule has 0 aromatic heterocycles. The molecule has 15 heavy (non-hydrogen) atoms. The van der Waals surface area contributed by atoms with Crippen molar-refractivity contribution in [2.75, 3.05) is 0 Å². The van der Waals surface area contributed by atoms with E-state index in [0.717, 1.165) is 6.42 Å². The van der Waals surface area contributed by atoms with Gasteiger partial charge in [-0.05, 0) is 55.2 Å². The first-order valence-corrected chi connectivity index (χ1v) is 5.84. The SMILES string of the molecule is Cc1ccc(C2(C)CCC(N)C2)cc1C. The van der Waals surface area contributed by atoms with Gasteiger partial charge in [0.2, 0.25) is 0 Å². The van der Waals surface area contributed by atoms with E-state index in [-0.39, 0.29) is 0 Å². The van der Waals surface area contributed by atoms with Crippen molar-refractivity contribution >= 4 is 0 Å². The molecule has 0 amide bonds. The predicted molar refractivity (Wildman–Crippen MR) is 65.1 cm³/mol. The molecule has 1 aromatic rings. The van der Waals surface area contributed by atoms with Crippen LogP contribution in [0.15, 0.2) is 18.2 Å². The van der Waals surface area contributed by atoms with E-state index >= 15 is 0 Å². The molecule has 1 fully saturated rings. The van der Waals surface area contributed by atoms with Gasteiger partial charge < -0.3 is 5.73 Å². The van der Waals surface area contributed by atoms with Crippen LogP contribution >= 0.6 is 0 Å². The largest absolute Gasteiger partial charge is 0.328 e. The maximum Gasteiger partial charge on any atom is 0.00475 e. The van der Waals surface area contributed by atoms with Gasteiger partial charge in [-0.2, -0.15) is 0 Å². The summed E-state index contributed by atoms with van der Waals surface area (Å²) < 4.78 is 0. The summed E-state index contributed by atoms with van der Waals surface area (Å²) in [5.41, 5.74) is 10.6. The van der Waals surface area contributed by atoms with Gasteiger partial charge in [-0.1, -0.05) is 25.1 Å². The summed E-state index contributed by atoms with van der Waals surface area (Å²) in [5, 5.41) is 0. The Kier molecular flexibility index (Phi) is 2.59. The van der Waals surface area contributed by atoms with E-state index in [0.29, 0.717) is 11.5 Å². The molecule has 1 aliphatic rings. The van der Waals surface area contributed by atoms with Crippen LogP contribution in [0.5, 0.6) is 0 Å². The van der Waals surface area contributed by atoms with Gasteiger partial charge in [0, 0.05) is 6.04 Å². The first-order valence-electron chi connectivity index (χ1n) is 5.84. The minimum absolute atomic E-state index is 0.317. The number of hydrogen-bond donors (Lipinski definition) is 1. The lowest BCUT2D eigenvalue weighted by molar-refractivity contribution is 0.482. The molecule has 1 nitrogen and oxygen atoms in total. The fraction of sp³-hybridized carbons (Fsp3) is 0.571. The zero-order valence-corrected chi connectivity index (χ0v) is 10.0. The summed E-state index contributed by atoms with van der Waals surface area (Å²) >= 11 is 0. The average molecular weight is 203 g/mol. The third kappa shape index (κ3) is 1.93. The van der Waals surface area contributed by atoms with Gasteiger partial charge in [0.1, 0.15) is 0 Å². The van der Waals surface area contributed by atoms with Crippen molar-refractivity contribution in [2.45, 2.75) is 51.5 Å². The van der Waals surface area contributed by atoms with E-state index < -0.39 is 0 Å². The Morgan fingerprint density at radius 3 is 2.53 bits per heavy atom. The fourth-order valence-electron chi connectivity index (χ4n) is 2.67. The molecule has 1 aromatic carbocycles. The molecule has 0 bridgehead atoms. The summed E-state index contributed by atoms with van der Waals surface area (Å²) in [6, 6.07) is 7.25. The number of benzene rings is 1. The van der Waals surface area contributed by atoms with Gasteiger partial charge in [0.15, 0.2) is 0 Å². The van der Waals surface area contributed by atoms with Gasteiger partial charge in [-0.15, -0.1) is 0 Å². The molecule has 2 rings (SSSR count). The highest BCUT2D eigenvalue weighted by molar-refractivity contribution is 5.35. The monoisotopic (exact) mass is 203 g/mol. The van der Waals surface area contributed by atoms with Crippen molar-refractivity contribution in [2.24, 2.45) is 5.73 Å². The molecular formula is C14H21N. The summed E-state index contributed by atoms with van der Waals surface area (Å²) in [7, 11) is 0. The van der Waals surface area contributed by atoms with Gasteiger partial charge >= 0.3 is 0 Å². The third-order valence-electron chi connectivity index (χ3n) is 3.98. The third-order valence-corrected chi connectivity index (χ3v) is 3.98. The lowest BCUT2D eigenvalue weighted by Crippen LogP contribution is -2.22. The van der Waals surface area contributed by atoms with Crippen LogP contribution in [0.4, 0.5) is 0 Å². The van der Waals surface area contributed by atoms with E-state index in [4.69, 9.17) is 5.73 Å². The van der Waals surface area contributed by atoms with Crippen LogP contribution in [0.25, 0.3) is 0 Å². The smallest absolute Gasteiger partial charge is 0.00475 e. The second kappa shape index (κ2) is 3.64. The fourth-order valence-corrected chi connectivity index (χ4v) is 2.67. The number of aryl methyl sites for hydroxylation is 2. The van der Waals surface area contributed by atoms with E-state index in [1.807, 2.05) is 0 Å². The molecule has 0 radical (unpaired) electrons. The Bertz CT molecular complexity index is 370. The quantitative estimate of drug-likeness (QED) is 0.746. The lowest BCUT2D eigenvalue weighted by atomic mass is 9.80. The van der Waals surface area contributed by atoms with Crippen LogP contribution in [0, 0.1) is 13.8 Å². The highest BCUT2D eigenvalue weighted by Crippen LogP contribution is 2.40. The number of hydrogen-bond acceptors (Lipinski definition) is 1. The minimum Gasteiger partial charge on any atom is -0.328 e. The molecule has 2 N–H and O–H groups in total. The number of rotatable bonds is 1. The van der Waals surface area contributed by atoms with Gasteiger partial charge in [0.05, 0.1) is 0 Å². The maximum atomic E-state index is 6.02. The van der Waals surface area contributed by atoms with Crippen LogP contribution in [0.1, 0.15) is 42.9 Å². The summed E-state index contributed by atoms with van der Waals surface area (Å²) in [4.78, 5) is 0. The first-order chi connectivity index (χ1) is 7.01. The number of nitrogens with two attached hydrogens (primary N) is 1. The van der Waals surface area contributed by atoms with Crippen molar-refractivity contribution in [1.82, 2.24) is 0 Å². The van der Waals surface area contributed by atoms with E-state index in [9.17, 15) is 0 Å². The molecule has 0 spiro atoms. The highest BCUT2D eigenvalue weighted by Gasteiger charge is 2.34. The predicted octanol–water partition coefficient (Wildman–Crippen LogP) is 3.07. The molecule has 0 saturated heterocycles.